The quantitative estimate of drug-likeness (QED) is 0.440. The minimum atomic E-state index is -0.343. The number of benzene rings is 1. The molecule has 1 heterocycles. The van der Waals surface area contributed by atoms with Crippen LogP contribution in [-0.2, 0) is 29.2 Å². The van der Waals surface area contributed by atoms with Gasteiger partial charge in [-0.1, -0.05) is 46.2 Å². The van der Waals surface area contributed by atoms with E-state index in [0.29, 0.717) is 31.6 Å². The Kier molecular flexibility index (Phi) is 7.76. The zero-order chi connectivity index (χ0) is 22.4. The van der Waals surface area contributed by atoms with E-state index in [1.165, 1.54) is 11.8 Å². The summed E-state index contributed by atoms with van der Waals surface area (Å²) in [5.74, 6) is 0.236. The molecule has 170 valence electrons. The summed E-state index contributed by atoms with van der Waals surface area (Å²) in [5.41, 5.74) is 1.26. The van der Waals surface area contributed by atoms with Gasteiger partial charge in [-0.05, 0) is 42.4 Å². The topological polar surface area (TPSA) is 71.1 Å². The number of rotatable bonds is 8. The second-order valence-electron chi connectivity index (χ2n) is 9.32. The van der Waals surface area contributed by atoms with E-state index >= 15 is 0 Å². The highest BCUT2D eigenvalue weighted by Crippen LogP contribution is 2.35. The molecule has 0 saturated heterocycles. The first-order valence-corrected chi connectivity index (χ1v) is 11.2. The average molecular weight is 431 g/mol. The Hall–Kier alpha value is -2.34. The summed E-state index contributed by atoms with van der Waals surface area (Å²) in [7, 11) is 0. The van der Waals surface area contributed by atoms with Crippen molar-refractivity contribution in [3.63, 3.8) is 0 Å². The number of carbonyl (C=O) groups excluding carboxylic acids is 2. The molecule has 31 heavy (non-hydrogen) atoms. The van der Waals surface area contributed by atoms with Crippen LogP contribution in [-0.4, -0.2) is 37.2 Å². The number of unbranched alkanes of at least 4 members (excludes halogenated alkanes) is 1. The minimum Gasteiger partial charge on any atom is -0.493 e. The van der Waals surface area contributed by atoms with E-state index in [9.17, 15) is 9.59 Å². The van der Waals surface area contributed by atoms with E-state index in [0.717, 1.165) is 12.8 Å². The van der Waals surface area contributed by atoms with Gasteiger partial charge < -0.3 is 18.9 Å². The lowest BCUT2D eigenvalue weighted by Gasteiger charge is -2.37. The second-order valence-corrected chi connectivity index (χ2v) is 9.32. The van der Waals surface area contributed by atoms with Crippen molar-refractivity contribution in [3.8, 4) is 5.75 Å². The van der Waals surface area contributed by atoms with Crippen molar-refractivity contribution in [1.82, 2.24) is 0 Å². The maximum absolute atomic E-state index is 12.9. The maximum Gasteiger partial charge on any atom is 0.332 e. The van der Waals surface area contributed by atoms with E-state index in [2.05, 4.69) is 20.8 Å². The number of ether oxygens (including phenoxy) is 4. The molecule has 1 saturated carbocycles. The molecule has 3 rings (SSSR count). The third kappa shape index (κ3) is 6.33. The molecule has 0 spiro atoms. The number of fused-ring (bicyclic) bond motifs is 1. The first-order valence-electron chi connectivity index (χ1n) is 11.2. The molecule has 1 aromatic rings. The van der Waals surface area contributed by atoms with Crippen LogP contribution in [0.25, 0.3) is 0 Å². The van der Waals surface area contributed by atoms with Crippen LogP contribution in [0.2, 0.25) is 0 Å². The van der Waals surface area contributed by atoms with Gasteiger partial charge in [0.1, 0.15) is 24.7 Å². The number of allylic oxidation sites excluding steroid dienone is 1. The van der Waals surface area contributed by atoms with E-state index in [1.54, 1.807) is 0 Å². The molecule has 0 N–H and O–H groups in total. The van der Waals surface area contributed by atoms with E-state index in [1.807, 2.05) is 31.2 Å². The van der Waals surface area contributed by atoms with Crippen LogP contribution in [0.1, 0.15) is 65.4 Å². The maximum atomic E-state index is 12.9. The molecule has 0 bridgehead atoms. The number of hydrogen-bond acceptors (Lipinski definition) is 6. The monoisotopic (exact) mass is 430 g/mol. The number of Topliss-reactive ketones (excluding diaryl/α,β-unsaturated/α-hetero) is 1. The van der Waals surface area contributed by atoms with Crippen molar-refractivity contribution in [2.45, 2.75) is 77.4 Å². The molecule has 1 aliphatic heterocycles. The lowest BCUT2D eigenvalue weighted by Crippen LogP contribution is -2.42. The minimum absolute atomic E-state index is 0.0337. The first-order chi connectivity index (χ1) is 14.8. The molecule has 0 aromatic heterocycles. The largest absolute Gasteiger partial charge is 0.493 e. The molecule has 6 nitrogen and oxygen atoms in total. The average Bonchev–Trinajstić information content (AvgIpc) is 2.74. The Bertz CT molecular complexity index is 789. The molecule has 1 aliphatic carbocycles. The smallest absolute Gasteiger partial charge is 0.332 e. The van der Waals surface area contributed by atoms with Gasteiger partial charge >= 0.3 is 5.97 Å². The van der Waals surface area contributed by atoms with Crippen molar-refractivity contribution < 1.29 is 28.5 Å². The van der Waals surface area contributed by atoms with Gasteiger partial charge in [-0.25, -0.2) is 4.79 Å². The third-order valence-electron chi connectivity index (χ3n) is 5.82. The van der Waals surface area contributed by atoms with Crippen LogP contribution in [0.3, 0.4) is 0 Å². The zero-order valence-corrected chi connectivity index (χ0v) is 19.0. The highest BCUT2D eigenvalue weighted by Gasteiger charge is 2.41. The molecule has 0 radical (unpaired) electrons. The number of hydrogen-bond donors (Lipinski definition) is 0. The number of esters is 1. The fourth-order valence-corrected chi connectivity index (χ4v) is 3.87. The summed E-state index contributed by atoms with van der Waals surface area (Å²) in [6, 6.07) is 7.79. The molecule has 3 unspecified atom stereocenters. The Morgan fingerprint density at radius 3 is 2.58 bits per heavy atom. The lowest BCUT2D eigenvalue weighted by atomic mass is 9.80. The van der Waals surface area contributed by atoms with Gasteiger partial charge in [0.15, 0.2) is 0 Å². The van der Waals surface area contributed by atoms with Crippen LogP contribution in [0.4, 0.5) is 0 Å². The Morgan fingerprint density at radius 2 is 1.90 bits per heavy atom. The third-order valence-corrected chi connectivity index (χ3v) is 5.82. The standard InChI is InChI=1S/C25H34O6/c1-5-6-13-28-23(26)16-29-19-11-12-20-21(14-19)30-15-22(24(20)27)31-18-9-7-17(8-10-18)25(2,3)4/h7-10,15,19-21H,5-6,11-14,16H2,1-4H3. The molecular formula is C25H34O6. The van der Waals surface area contributed by atoms with Crippen LogP contribution < -0.4 is 4.74 Å². The van der Waals surface area contributed by atoms with Crippen LogP contribution in [0.5, 0.6) is 5.75 Å². The summed E-state index contributed by atoms with van der Waals surface area (Å²) in [6.07, 6.45) is 4.80. The van der Waals surface area contributed by atoms with Gasteiger partial charge in [0.05, 0.1) is 18.6 Å². The van der Waals surface area contributed by atoms with E-state index < -0.39 is 0 Å². The van der Waals surface area contributed by atoms with Crippen LogP contribution in [0, 0.1) is 5.92 Å². The van der Waals surface area contributed by atoms with E-state index in [-0.39, 0.29) is 47.7 Å². The highest BCUT2D eigenvalue weighted by molar-refractivity contribution is 5.96. The van der Waals surface area contributed by atoms with Gasteiger partial charge in [-0.3, -0.25) is 4.79 Å². The molecule has 0 amide bonds. The van der Waals surface area contributed by atoms with Crippen molar-refractivity contribution in [1.29, 1.82) is 0 Å². The molecule has 1 fully saturated rings. The van der Waals surface area contributed by atoms with Crippen LogP contribution in [0.15, 0.2) is 36.3 Å². The highest BCUT2D eigenvalue weighted by atomic mass is 16.6. The van der Waals surface area contributed by atoms with Gasteiger partial charge in [0, 0.05) is 6.42 Å². The zero-order valence-electron chi connectivity index (χ0n) is 19.0. The summed E-state index contributed by atoms with van der Waals surface area (Å²) in [5, 5.41) is 0. The van der Waals surface area contributed by atoms with Crippen molar-refractivity contribution in [3.05, 3.63) is 41.9 Å². The number of carbonyl (C=O) groups is 2. The lowest BCUT2D eigenvalue weighted by molar-refractivity contribution is -0.154. The summed E-state index contributed by atoms with van der Waals surface area (Å²) >= 11 is 0. The SMILES string of the molecule is CCCCOC(=O)COC1CCC2C(=O)C(Oc3ccc(C(C)(C)C)cc3)=COC2C1. The normalized spacial score (nSPS) is 23.4. The molecule has 2 aliphatic rings. The molecule has 6 heteroatoms. The van der Waals surface area contributed by atoms with Gasteiger partial charge in [-0.15, -0.1) is 0 Å². The summed E-state index contributed by atoms with van der Waals surface area (Å²) in [6.45, 7) is 8.87. The van der Waals surface area contributed by atoms with E-state index in [4.69, 9.17) is 18.9 Å². The Labute approximate surface area is 184 Å². The first kappa shape index (κ1) is 23.3. The van der Waals surface area contributed by atoms with Crippen molar-refractivity contribution in [2.75, 3.05) is 13.2 Å². The summed E-state index contributed by atoms with van der Waals surface area (Å²) in [4.78, 5) is 24.7. The van der Waals surface area contributed by atoms with Gasteiger partial charge in [0.2, 0.25) is 11.5 Å². The fraction of sp³-hybridized carbons (Fsp3) is 0.600. The predicted octanol–water partition coefficient (Wildman–Crippen LogP) is 4.70. The molecule has 1 aromatic carbocycles. The second kappa shape index (κ2) is 10.3. The van der Waals surface area contributed by atoms with Gasteiger partial charge in [-0.2, -0.15) is 0 Å². The van der Waals surface area contributed by atoms with Crippen molar-refractivity contribution >= 4 is 11.8 Å². The van der Waals surface area contributed by atoms with Gasteiger partial charge in [0.25, 0.3) is 0 Å². The predicted molar refractivity (Wildman–Crippen MR) is 117 cm³/mol. The molecule has 3 atom stereocenters. The fourth-order valence-electron chi connectivity index (χ4n) is 3.87. The Balaban J connectivity index is 1.51. The Morgan fingerprint density at radius 1 is 1.16 bits per heavy atom. The van der Waals surface area contributed by atoms with Crippen LogP contribution >= 0.6 is 0 Å². The molecular weight excluding hydrogens is 396 g/mol. The number of ketones is 1. The van der Waals surface area contributed by atoms with Crippen molar-refractivity contribution in [2.24, 2.45) is 5.92 Å². The summed E-state index contributed by atoms with van der Waals surface area (Å²) < 4.78 is 22.5.